The summed E-state index contributed by atoms with van der Waals surface area (Å²) in [7, 11) is 1.45. The average molecular weight is 230 g/mol. The van der Waals surface area contributed by atoms with E-state index in [1.54, 1.807) is 0 Å². The Labute approximate surface area is 102 Å². The van der Waals surface area contributed by atoms with E-state index in [2.05, 4.69) is 19.1 Å². The molecule has 0 saturated heterocycles. The lowest BCUT2D eigenvalue weighted by Gasteiger charge is -2.06. The van der Waals surface area contributed by atoms with E-state index in [0.717, 1.165) is 31.3 Å². The predicted molar refractivity (Wildman–Crippen MR) is 68.6 cm³/mol. The van der Waals surface area contributed by atoms with Crippen LogP contribution < -0.4 is 0 Å². The number of unbranched alkanes of at least 4 members (excludes halogenated alkanes) is 1. The summed E-state index contributed by atoms with van der Waals surface area (Å²) in [6.45, 7) is 2.17. The molecule has 2 rings (SSSR count). The first-order valence-corrected chi connectivity index (χ1v) is 6.16. The summed E-state index contributed by atoms with van der Waals surface area (Å²) in [5.41, 5.74) is 4.52. The van der Waals surface area contributed by atoms with Gasteiger partial charge in [-0.3, -0.25) is 0 Å². The van der Waals surface area contributed by atoms with Crippen LogP contribution in [-0.4, -0.2) is 13.1 Å². The molecule has 1 aromatic rings. The molecule has 0 spiro atoms. The number of allylic oxidation sites excluding steroid dienone is 1. The van der Waals surface area contributed by atoms with Gasteiger partial charge in [0.25, 0.3) is 0 Å². The molecule has 1 aliphatic carbocycles. The maximum Gasteiger partial charge on any atom is 0.334 e. The SMILES string of the molecule is CCCCC1=C(C(=O)OC)Cc2ccccc21. The molecule has 2 heteroatoms. The van der Waals surface area contributed by atoms with Gasteiger partial charge in [-0.15, -0.1) is 0 Å². The molecule has 0 radical (unpaired) electrons. The molecule has 17 heavy (non-hydrogen) atoms. The maximum atomic E-state index is 11.8. The Morgan fingerprint density at radius 3 is 2.82 bits per heavy atom. The number of hydrogen-bond acceptors (Lipinski definition) is 2. The second-order valence-electron chi connectivity index (χ2n) is 4.39. The molecule has 0 amide bonds. The van der Waals surface area contributed by atoms with Crippen LogP contribution in [0.1, 0.15) is 37.3 Å². The van der Waals surface area contributed by atoms with E-state index in [-0.39, 0.29) is 5.97 Å². The van der Waals surface area contributed by atoms with Crippen molar-refractivity contribution < 1.29 is 9.53 Å². The second-order valence-corrected chi connectivity index (χ2v) is 4.39. The van der Waals surface area contributed by atoms with Crippen molar-refractivity contribution in [3.63, 3.8) is 0 Å². The minimum atomic E-state index is -0.174. The van der Waals surface area contributed by atoms with Crippen LogP contribution in [0.15, 0.2) is 29.8 Å². The molecule has 0 aromatic heterocycles. The van der Waals surface area contributed by atoms with E-state index in [1.165, 1.54) is 23.8 Å². The van der Waals surface area contributed by atoms with Crippen molar-refractivity contribution in [1.29, 1.82) is 0 Å². The normalized spacial score (nSPS) is 13.8. The van der Waals surface area contributed by atoms with Crippen molar-refractivity contribution in [2.24, 2.45) is 0 Å². The molecule has 0 saturated carbocycles. The van der Waals surface area contributed by atoms with Gasteiger partial charge < -0.3 is 4.74 Å². The topological polar surface area (TPSA) is 26.3 Å². The quantitative estimate of drug-likeness (QED) is 0.741. The largest absolute Gasteiger partial charge is 0.466 e. The number of rotatable bonds is 4. The lowest BCUT2D eigenvalue weighted by Crippen LogP contribution is -2.05. The Hall–Kier alpha value is -1.57. The number of ether oxygens (including phenoxy) is 1. The van der Waals surface area contributed by atoms with Crippen LogP contribution in [0.2, 0.25) is 0 Å². The Balaban J connectivity index is 2.36. The molecular formula is C15H18O2. The van der Waals surface area contributed by atoms with Crippen LogP contribution in [-0.2, 0) is 16.0 Å². The van der Waals surface area contributed by atoms with Crippen molar-refractivity contribution in [1.82, 2.24) is 0 Å². The van der Waals surface area contributed by atoms with Crippen molar-refractivity contribution in [3.8, 4) is 0 Å². The van der Waals surface area contributed by atoms with Crippen LogP contribution in [0.5, 0.6) is 0 Å². The zero-order valence-corrected chi connectivity index (χ0v) is 10.5. The maximum absolute atomic E-state index is 11.8. The summed E-state index contributed by atoms with van der Waals surface area (Å²) < 4.78 is 4.88. The summed E-state index contributed by atoms with van der Waals surface area (Å²) in [5.74, 6) is -0.174. The van der Waals surface area contributed by atoms with Gasteiger partial charge in [0.2, 0.25) is 0 Å². The monoisotopic (exact) mass is 230 g/mol. The van der Waals surface area contributed by atoms with Gasteiger partial charge in [-0.25, -0.2) is 4.79 Å². The molecule has 0 atom stereocenters. The molecule has 0 fully saturated rings. The lowest BCUT2D eigenvalue weighted by atomic mass is 10.00. The summed E-state index contributed by atoms with van der Waals surface area (Å²) >= 11 is 0. The van der Waals surface area contributed by atoms with Gasteiger partial charge in [-0.2, -0.15) is 0 Å². The van der Waals surface area contributed by atoms with E-state index in [4.69, 9.17) is 4.74 Å². The van der Waals surface area contributed by atoms with E-state index >= 15 is 0 Å². The highest BCUT2D eigenvalue weighted by Crippen LogP contribution is 2.36. The van der Waals surface area contributed by atoms with Gasteiger partial charge in [-0.05, 0) is 29.5 Å². The minimum Gasteiger partial charge on any atom is -0.466 e. The molecule has 2 nitrogen and oxygen atoms in total. The van der Waals surface area contributed by atoms with Gasteiger partial charge in [0.1, 0.15) is 0 Å². The van der Waals surface area contributed by atoms with Crippen LogP contribution in [0.3, 0.4) is 0 Å². The van der Waals surface area contributed by atoms with Gasteiger partial charge in [0.15, 0.2) is 0 Å². The van der Waals surface area contributed by atoms with Crippen LogP contribution in [0.4, 0.5) is 0 Å². The Morgan fingerprint density at radius 1 is 1.35 bits per heavy atom. The van der Waals surface area contributed by atoms with Crippen molar-refractivity contribution >= 4 is 11.5 Å². The first-order chi connectivity index (χ1) is 8.27. The molecule has 90 valence electrons. The first-order valence-electron chi connectivity index (χ1n) is 6.16. The number of fused-ring (bicyclic) bond motifs is 1. The third-order valence-corrected chi connectivity index (χ3v) is 3.29. The third kappa shape index (κ3) is 2.26. The first kappa shape index (κ1) is 11.9. The zero-order valence-electron chi connectivity index (χ0n) is 10.5. The highest BCUT2D eigenvalue weighted by atomic mass is 16.5. The number of carbonyl (C=O) groups excluding carboxylic acids is 1. The highest BCUT2D eigenvalue weighted by Gasteiger charge is 2.25. The Morgan fingerprint density at radius 2 is 2.12 bits per heavy atom. The van der Waals surface area contributed by atoms with E-state index < -0.39 is 0 Å². The van der Waals surface area contributed by atoms with Gasteiger partial charge in [-0.1, -0.05) is 37.6 Å². The Bertz CT molecular complexity index is 458. The zero-order chi connectivity index (χ0) is 12.3. The molecule has 0 N–H and O–H groups in total. The average Bonchev–Trinajstić information content (AvgIpc) is 2.74. The standard InChI is InChI=1S/C15H18O2/c1-3-4-8-13-12-9-6-5-7-11(12)10-14(13)15(16)17-2/h5-7,9H,3-4,8,10H2,1-2H3. The second kappa shape index (κ2) is 5.17. The summed E-state index contributed by atoms with van der Waals surface area (Å²) in [6.07, 6.45) is 3.95. The number of methoxy groups -OCH3 is 1. The minimum absolute atomic E-state index is 0.174. The molecule has 0 bridgehead atoms. The van der Waals surface area contributed by atoms with E-state index in [9.17, 15) is 4.79 Å². The molecule has 0 heterocycles. The van der Waals surface area contributed by atoms with Crippen LogP contribution in [0, 0.1) is 0 Å². The fraction of sp³-hybridized carbons (Fsp3) is 0.400. The predicted octanol–water partition coefficient (Wildman–Crippen LogP) is 3.36. The van der Waals surface area contributed by atoms with Crippen molar-refractivity contribution in [3.05, 3.63) is 41.0 Å². The fourth-order valence-corrected chi connectivity index (χ4v) is 2.39. The fourth-order valence-electron chi connectivity index (χ4n) is 2.39. The molecular weight excluding hydrogens is 212 g/mol. The van der Waals surface area contributed by atoms with E-state index in [1.807, 2.05) is 12.1 Å². The smallest absolute Gasteiger partial charge is 0.334 e. The van der Waals surface area contributed by atoms with Crippen molar-refractivity contribution in [2.75, 3.05) is 7.11 Å². The number of hydrogen-bond donors (Lipinski definition) is 0. The summed E-state index contributed by atoms with van der Waals surface area (Å²) in [6, 6.07) is 8.26. The molecule has 1 aromatic carbocycles. The van der Waals surface area contributed by atoms with Crippen LogP contribution in [0.25, 0.3) is 5.57 Å². The summed E-state index contributed by atoms with van der Waals surface area (Å²) in [4.78, 5) is 11.8. The number of carbonyl (C=O) groups is 1. The molecule has 1 aliphatic rings. The van der Waals surface area contributed by atoms with Crippen LogP contribution >= 0.6 is 0 Å². The molecule has 0 unspecified atom stereocenters. The summed E-state index contributed by atoms with van der Waals surface area (Å²) in [5, 5.41) is 0. The van der Waals surface area contributed by atoms with Gasteiger partial charge in [0, 0.05) is 12.0 Å². The Kier molecular flexibility index (Phi) is 3.62. The number of esters is 1. The number of benzene rings is 1. The van der Waals surface area contributed by atoms with Gasteiger partial charge in [0.05, 0.1) is 7.11 Å². The lowest BCUT2D eigenvalue weighted by molar-refractivity contribution is -0.136. The molecule has 0 aliphatic heterocycles. The third-order valence-electron chi connectivity index (χ3n) is 3.29. The highest BCUT2D eigenvalue weighted by molar-refractivity contribution is 6.01. The van der Waals surface area contributed by atoms with Gasteiger partial charge >= 0.3 is 5.97 Å². The van der Waals surface area contributed by atoms with E-state index in [0.29, 0.717) is 0 Å². The van der Waals surface area contributed by atoms with Crippen molar-refractivity contribution in [2.45, 2.75) is 32.6 Å².